The molecule has 7 nitrogen and oxygen atoms in total. The normalized spacial score (nSPS) is 14.4. The molecule has 0 saturated carbocycles. The van der Waals surface area contributed by atoms with Crippen molar-refractivity contribution in [3.05, 3.63) is 108 Å². The van der Waals surface area contributed by atoms with Gasteiger partial charge in [-0.05, 0) is 49.2 Å². The number of pyridine rings is 1. The summed E-state index contributed by atoms with van der Waals surface area (Å²) >= 11 is 0. The van der Waals surface area contributed by atoms with Gasteiger partial charge in [-0.25, -0.2) is 8.42 Å². The number of benzene rings is 3. The first kappa shape index (κ1) is 26.6. The van der Waals surface area contributed by atoms with Crippen molar-refractivity contribution >= 4 is 32.6 Å². The maximum absolute atomic E-state index is 13.3. The van der Waals surface area contributed by atoms with E-state index in [-0.39, 0.29) is 22.5 Å². The predicted octanol–water partition coefficient (Wildman–Crippen LogP) is 4.47. The van der Waals surface area contributed by atoms with Gasteiger partial charge in [0.05, 0.1) is 21.6 Å². The van der Waals surface area contributed by atoms with E-state index < -0.39 is 15.3 Å². The molecule has 0 N–H and O–H groups in total. The van der Waals surface area contributed by atoms with E-state index in [1.807, 2.05) is 61.2 Å². The van der Waals surface area contributed by atoms with E-state index in [4.69, 9.17) is 0 Å². The quantitative estimate of drug-likeness (QED) is 0.359. The second kappa shape index (κ2) is 10.6. The molecule has 4 aromatic rings. The average molecular weight is 542 g/mol. The van der Waals surface area contributed by atoms with Gasteiger partial charge in [0, 0.05) is 43.3 Å². The van der Waals surface area contributed by atoms with E-state index in [9.17, 15) is 18.0 Å². The summed E-state index contributed by atoms with van der Waals surface area (Å²) in [5, 5.41) is 0.768. The molecule has 0 atom stereocenters. The summed E-state index contributed by atoms with van der Waals surface area (Å²) in [4.78, 5) is 34.5. The van der Waals surface area contributed by atoms with Gasteiger partial charge in [-0.1, -0.05) is 60.7 Å². The van der Waals surface area contributed by atoms with Crippen molar-refractivity contribution in [3.8, 4) is 0 Å². The molecule has 0 aliphatic carbocycles. The summed E-state index contributed by atoms with van der Waals surface area (Å²) in [6, 6.07) is 25.2. The van der Waals surface area contributed by atoms with E-state index in [2.05, 4.69) is 4.98 Å². The van der Waals surface area contributed by atoms with Crippen LogP contribution in [0.25, 0.3) is 10.9 Å². The van der Waals surface area contributed by atoms with Crippen LogP contribution in [0.5, 0.6) is 0 Å². The van der Waals surface area contributed by atoms with Gasteiger partial charge in [0.2, 0.25) is 5.91 Å². The van der Waals surface area contributed by atoms with E-state index >= 15 is 0 Å². The van der Waals surface area contributed by atoms with E-state index in [1.165, 1.54) is 0 Å². The summed E-state index contributed by atoms with van der Waals surface area (Å²) in [5.74, 6) is -0.264. The highest BCUT2D eigenvalue weighted by Crippen LogP contribution is 2.27. The van der Waals surface area contributed by atoms with Crippen molar-refractivity contribution < 1.29 is 18.0 Å². The van der Waals surface area contributed by atoms with Crippen LogP contribution < -0.4 is 0 Å². The Hall–Kier alpha value is -4.04. The molecular weight excluding hydrogens is 510 g/mol. The molecule has 8 heteroatoms. The lowest BCUT2D eigenvalue weighted by atomic mass is 9.83. The lowest BCUT2D eigenvalue weighted by Gasteiger charge is -2.38. The SMILES string of the molecule is CC(C)(C(=O)N1CCN(C(=O)c2ccc(CS(=O)(=O)c3cccc4cccnc34)cc2)CC1)c1ccccc1. The van der Waals surface area contributed by atoms with Crippen molar-refractivity contribution in [1.29, 1.82) is 0 Å². The number of para-hydroxylation sites is 1. The number of piperazine rings is 1. The van der Waals surface area contributed by atoms with Gasteiger partial charge >= 0.3 is 0 Å². The van der Waals surface area contributed by atoms with E-state index in [0.717, 1.165) is 10.9 Å². The minimum atomic E-state index is -3.64. The van der Waals surface area contributed by atoms with Crippen LogP contribution in [0.2, 0.25) is 0 Å². The molecule has 39 heavy (non-hydrogen) atoms. The number of carbonyl (C=O) groups excluding carboxylic acids is 2. The first-order chi connectivity index (χ1) is 18.7. The topological polar surface area (TPSA) is 87.7 Å². The summed E-state index contributed by atoms with van der Waals surface area (Å²) in [7, 11) is -3.64. The number of sulfone groups is 1. The predicted molar refractivity (Wildman–Crippen MR) is 151 cm³/mol. The molecule has 1 aromatic heterocycles. The number of amides is 2. The maximum atomic E-state index is 13.3. The van der Waals surface area contributed by atoms with Crippen molar-refractivity contribution in [2.45, 2.75) is 29.9 Å². The molecule has 5 rings (SSSR count). The number of fused-ring (bicyclic) bond motifs is 1. The minimum absolute atomic E-state index is 0.0488. The summed E-state index contributed by atoms with van der Waals surface area (Å²) in [6.07, 6.45) is 1.58. The zero-order chi connectivity index (χ0) is 27.6. The number of carbonyl (C=O) groups is 2. The second-order valence-electron chi connectivity index (χ2n) is 10.4. The highest BCUT2D eigenvalue weighted by Gasteiger charge is 2.35. The fourth-order valence-corrected chi connectivity index (χ4v) is 6.57. The molecule has 1 saturated heterocycles. The first-order valence-electron chi connectivity index (χ1n) is 13.0. The lowest BCUT2D eigenvalue weighted by Crippen LogP contribution is -2.54. The van der Waals surface area contributed by atoms with Crippen molar-refractivity contribution in [1.82, 2.24) is 14.8 Å². The maximum Gasteiger partial charge on any atom is 0.253 e. The average Bonchev–Trinajstić information content (AvgIpc) is 2.97. The van der Waals surface area contributed by atoms with Gasteiger partial charge in [0.25, 0.3) is 5.91 Å². The number of nitrogens with zero attached hydrogens (tertiary/aromatic N) is 3. The largest absolute Gasteiger partial charge is 0.338 e. The molecule has 0 spiro atoms. The van der Waals surface area contributed by atoms with Crippen LogP contribution in [-0.2, 0) is 25.8 Å². The van der Waals surface area contributed by atoms with Gasteiger partial charge < -0.3 is 9.80 Å². The molecular formula is C31H31N3O4S. The second-order valence-corrected chi connectivity index (χ2v) is 12.3. The van der Waals surface area contributed by atoms with Crippen LogP contribution in [0.15, 0.2) is 96.0 Å². The Bertz CT molecular complexity index is 1600. The monoisotopic (exact) mass is 541 g/mol. The Labute approximate surface area is 229 Å². The Morgan fingerprint density at radius 3 is 2.13 bits per heavy atom. The third kappa shape index (κ3) is 5.43. The zero-order valence-electron chi connectivity index (χ0n) is 22.1. The summed E-state index contributed by atoms with van der Waals surface area (Å²) in [6.45, 7) is 5.69. The van der Waals surface area contributed by atoms with Crippen LogP contribution in [-0.4, -0.2) is 61.2 Å². The van der Waals surface area contributed by atoms with Gasteiger partial charge in [-0.2, -0.15) is 0 Å². The minimum Gasteiger partial charge on any atom is -0.338 e. The van der Waals surface area contributed by atoms with E-state index in [1.54, 1.807) is 53.6 Å². The third-order valence-corrected chi connectivity index (χ3v) is 9.09. The standard InChI is InChI=1S/C31H31N3O4S/c1-31(2,26-10-4-3-5-11-26)30(36)34-20-18-33(19-21-34)29(35)25-15-13-23(14-16-25)22-39(37,38)27-12-6-8-24-9-7-17-32-28(24)27/h3-17H,18-22H2,1-2H3. The van der Waals surface area contributed by atoms with Crippen molar-refractivity contribution in [3.63, 3.8) is 0 Å². The Morgan fingerprint density at radius 1 is 0.795 bits per heavy atom. The van der Waals surface area contributed by atoms with Crippen molar-refractivity contribution in [2.75, 3.05) is 26.2 Å². The lowest BCUT2D eigenvalue weighted by molar-refractivity contribution is -0.137. The van der Waals surface area contributed by atoms with Gasteiger partial charge in [-0.15, -0.1) is 0 Å². The molecule has 0 radical (unpaired) electrons. The Morgan fingerprint density at radius 2 is 1.44 bits per heavy atom. The highest BCUT2D eigenvalue weighted by molar-refractivity contribution is 7.90. The highest BCUT2D eigenvalue weighted by atomic mass is 32.2. The van der Waals surface area contributed by atoms with Crippen LogP contribution >= 0.6 is 0 Å². The van der Waals surface area contributed by atoms with Crippen LogP contribution in [0, 0.1) is 0 Å². The number of hydrogen-bond acceptors (Lipinski definition) is 5. The van der Waals surface area contributed by atoms with Crippen LogP contribution in [0.1, 0.15) is 35.3 Å². The first-order valence-corrected chi connectivity index (χ1v) is 14.6. The number of hydrogen-bond donors (Lipinski definition) is 0. The third-order valence-electron chi connectivity index (χ3n) is 7.37. The molecule has 200 valence electrons. The number of aromatic nitrogens is 1. The molecule has 1 aliphatic rings. The smallest absolute Gasteiger partial charge is 0.253 e. The molecule has 0 bridgehead atoms. The fourth-order valence-electron chi connectivity index (χ4n) is 5.04. The van der Waals surface area contributed by atoms with Crippen LogP contribution in [0.3, 0.4) is 0 Å². The molecule has 2 amide bonds. The van der Waals surface area contributed by atoms with Gasteiger partial charge in [-0.3, -0.25) is 14.6 Å². The zero-order valence-corrected chi connectivity index (χ0v) is 22.9. The van der Waals surface area contributed by atoms with E-state index in [0.29, 0.717) is 42.8 Å². The number of rotatable bonds is 6. The van der Waals surface area contributed by atoms with Crippen molar-refractivity contribution in [2.24, 2.45) is 0 Å². The van der Waals surface area contributed by atoms with Gasteiger partial charge in [0.1, 0.15) is 0 Å². The van der Waals surface area contributed by atoms with Gasteiger partial charge in [0.15, 0.2) is 9.84 Å². The Balaban J connectivity index is 1.22. The molecule has 0 unspecified atom stereocenters. The Kier molecular flexibility index (Phi) is 7.23. The van der Waals surface area contributed by atoms with Crippen LogP contribution in [0.4, 0.5) is 0 Å². The molecule has 1 fully saturated rings. The summed E-state index contributed by atoms with van der Waals surface area (Å²) in [5.41, 5.74) is 1.86. The summed E-state index contributed by atoms with van der Waals surface area (Å²) < 4.78 is 26.4. The molecule has 2 heterocycles. The molecule has 1 aliphatic heterocycles. The fraction of sp³-hybridized carbons (Fsp3) is 0.258. The molecule has 3 aromatic carbocycles.